The Kier molecular flexibility index (Phi) is 5.10. The average molecular weight is 440 g/mol. The summed E-state index contributed by atoms with van der Waals surface area (Å²) in [7, 11) is -3.71. The summed E-state index contributed by atoms with van der Waals surface area (Å²) in [5, 5.41) is 0. The molecule has 160 valence electrons. The minimum atomic E-state index is -3.71. The maximum absolute atomic E-state index is 13.8. The number of sulfonamides is 1. The Morgan fingerprint density at radius 3 is 2.03 bits per heavy atom. The van der Waals surface area contributed by atoms with Crippen LogP contribution in [0.5, 0.6) is 0 Å². The Labute approximate surface area is 190 Å². The third kappa shape index (κ3) is 3.41. The van der Waals surface area contributed by atoms with Gasteiger partial charge in [0, 0.05) is 12.0 Å². The van der Waals surface area contributed by atoms with Crippen LogP contribution < -0.4 is 4.31 Å². The van der Waals surface area contributed by atoms with E-state index >= 15 is 0 Å². The summed E-state index contributed by atoms with van der Waals surface area (Å²) in [4.78, 5) is 0.321. The Morgan fingerprint density at radius 2 is 1.34 bits per heavy atom. The molecule has 0 spiro atoms. The van der Waals surface area contributed by atoms with Gasteiger partial charge in [0.1, 0.15) is 0 Å². The van der Waals surface area contributed by atoms with Crippen LogP contribution in [0.25, 0.3) is 0 Å². The van der Waals surface area contributed by atoms with E-state index < -0.39 is 15.4 Å². The SMILES string of the molecule is Cc1ccc(S(=O)(=O)N2CC(Cc3ccccc3)(c3ccccc3)c3ccccc32)cc1. The number of rotatable bonds is 5. The van der Waals surface area contributed by atoms with E-state index in [9.17, 15) is 8.42 Å². The van der Waals surface area contributed by atoms with Crippen molar-refractivity contribution in [2.75, 3.05) is 10.8 Å². The van der Waals surface area contributed by atoms with Gasteiger partial charge >= 0.3 is 0 Å². The molecule has 0 N–H and O–H groups in total. The first-order valence-electron chi connectivity index (χ1n) is 10.8. The van der Waals surface area contributed by atoms with E-state index in [0.29, 0.717) is 11.4 Å². The van der Waals surface area contributed by atoms with Crippen LogP contribution in [0.4, 0.5) is 5.69 Å². The number of hydrogen-bond donors (Lipinski definition) is 0. The molecule has 0 saturated carbocycles. The molecule has 1 unspecified atom stereocenters. The maximum atomic E-state index is 13.8. The lowest BCUT2D eigenvalue weighted by Gasteiger charge is -2.31. The standard InChI is InChI=1S/C28H25NO2S/c1-22-16-18-25(19-17-22)32(30,31)29-21-28(24-12-6-3-7-13-24,20-23-10-4-2-5-11-23)26-14-8-9-15-27(26)29/h2-19H,20-21H2,1H3. The Balaban J connectivity index is 1.70. The second-order valence-electron chi connectivity index (χ2n) is 8.45. The van der Waals surface area contributed by atoms with Gasteiger partial charge in [-0.25, -0.2) is 8.42 Å². The second kappa shape index (κ2) is 7.95. The summed E-state index contributed by atoms with van der Waals surface area (Å²) >= 11 is 0. The largest absolute Gasteiger partial charge is 0.265 e. The minimum Gasteiger partial charge on any atom is -0.265 e. The zero-order chi connectivity index (χ0) is 22.2. The van der Waals surface area contributed by atoms with Crippen molar-refractivity contribution >= 4 is 15.7 Å². The van der Waals surface area contributed by atoms with Crippen LogP contribution in [0.3, 0.4) is 0 Å². The molecule has 1 heterocycles. The third-order valence-electron chi connectivity index (χ3n) is 6.39. The maximum Gasteiger partial charge on any atom is 0.264 e. The molecule has 0 saturated heterocycles. The van der Waals surface area contributed by atoms with Gasteiger partial charge in [-0.3, -0.25) is 4.31 Å². The molecule has 1 aliphatic rings. The molecule has 5 rings (SSSR count). The molecule has 0 bridgehead atoms. The van der Waals surface area contributed by atoms with Crippen LogP contribution >= 0.6 is 0 Å². The summed E-state index contributed by atoms with van der Waals surface area (Å²) in [6.07, 6.45) is 0.717. The number of fused-ring (bicyclic) bond motifs is 1. The molecule has 0 aliphatic carbocycles. The summed E-state index contributed by atoms with van der Waals surface area (Å²) in [5.41, 5.74) is 4.67. The molecule has 4 aromatic rings. The number of para-hydroxylation sites is 1. The summed E-state index contributed by atoms with van der Waals surface area (Å²) < 4.78 is 29.2. The quantitative estimate of drug-likeness (QED) is 0.398. The van der Waals surface area contributed by atoms with Gasteiger partial charge in [0.2, 0.25) is 0 Å². The molecule has 1 atom stereocenters. The highest BCUT2D eigenvalue weighted by Crippen LogP contribution is 2.48. The van der Waals surface area contributed by atoms with Crippen LogP contribution in [0.2, 0.25) is 0 Å². The number of benzene rings is 4. The van der Waals surface area contributed by atoms with Gasteiger partial charge in [-0.2, -0.15) is 0 Å². The van der Waals surface area contributed by atoms with Gasteiger partial charge in [-0.05, 0) is 48.2 Å². The molecule has 3 nitrogen and oxygen atoms in total. The van der Waals surface area contributed by atoms with E-state index in [-0.39, 0.29) is 0 Å². The molecule has 32 heavy (non-hydrogen) atoms. The highest BCUT2D eigenvalue weighted by molar-refractivity contribution is 7.92. The van der Waals surface area contributed by atoms with Crippen LogP contribution in [-0.2, 0) is 21.9 Å². The Bertz CT molecular complexity index is 1330. The molecular weight excluding hydrogens is 414 g/mol. The van der Waals surface area contributed by atoms with Gasteiger partial charge in [0.25, 0.3) is 10.0 Å². The molecule has 0 amide bonds. The predicted octanol–water partition coefficient (Wildman–Crippen LogP) is 5.73. The lowest BCUT2D eigenvalue weighted by atomic mass is 9.72. The third-order valence-corrected chi connectivity index (χ3v) is 8.16. The second-order valence-corrected chi connectivity index (χ2v) is 10.3. The monoisotopic (exact) mass is 439 g/mol. The van der Waals surface area contributed by atoms with E-state index in [1.54, 1.807) is 16.4 Å². The fraction of sp³-hybridized carbons (Fsp3) is 0.143. The fourth-order valence-electron chi connectivity index (χ4n) is 4.76. The highest BCUT2D eigenvalue weighted by atomic mass is 32.2. The van der Waals surface area contributed by atoms with E-state index in [1.807, 2.05) is 73.7 Å². The summed E-state index contributed by atoms with van der Waals surface area (Å²) in [6, 6.07) is 35.6. The van der Waals surface area contributed by atoms with Crippen molar-refractivity contribution in [2.24, 2.45) is 0 Å². The van der Waals surface area contributed by atoms with Gasteiger partial charge in [-0.1, -0.05) is 96.6 Å². The van der Waals surface area contributed by atoms with E-state index in [1.165, 1.54) is 5.56 Å². The number of nitrogens with zero attached hydrogens (tertiary/aromatic N) is 1. The molecule has 0 aromatic heterocycles. The smallest absolute Gasteiger partial charge is 0.264 e. The first-order chi connectivity index (χ1) is 15.5. The summed E-state index contributed by atoms with van der Waals surface area (Å²) in [6.45, 7) is 2.32. The van der Waals surface area contributed by atoms with Crippen molar-refractivity contribution in [1.29, 1.82) is 0 Å². The van der Waals surface area contributed by atoms with Crippen molar-refractivity contribution in [3.05, 3.63) is 131 Å². The lowest BCUT2D eigenvalue weighted by Crippen LogP contribution is -2.39. The lowest BCUT2D eigenvalue weighted by molar-refractivity contribution is 0.541. The predicted molar refractivity (Wildman–Crippen MR) is 130 cm³/mol. The van der Waals surface area contributed by atoms with Crippen molar-refractivity contribution in [2.45, 2.75) is 23.7 Å². The normalized spacial score (nSPS) is 17.8. The minimum absolute atomic E-state index is 0.321. The summed E-state index contributed by atoms with van der Waals surface area (Å²) in [5.74, 6) is 0. The highest BCUT2D eigenvalue weighted by Gasteiger charge is 2.47. The first kappa shape index (κ1) is 20.5. The molecule has 4 heteroatoms. The van der Waals surface area contributed by atoms with Crippen molar-refractivity contribution in [3.63, 3.8) is 0 Å². The Hall–Kier alpha value is -3.37. The molecule has 0 radical (unpaired) electrons. The average Bonchev–Trinajstić information content (AvgIpc) is 3.17. The van der Waals surface area contributed by atoms with Gasteiger partial charge in [-0.15, -0.1) is 0 Å². The van der Waals surface area contributed by atoms with Gasteiger partial charge < -0.3 is 0 Å². The molecule has 0 fully saturated rings. The molecule has 4 aromatic carbocycles. The van der Waals surface area contributed by atoms with Crippen LogP contribution in [0.15, 0.2) is 114 Å². The van der Waals surface area contributed by atoms with Crippen molar-refractivity contribution in [1.82, 2.24) is 0 Å². The fourth-order valence-corrected chi connectivity index (χ4v) is 6.31. The zero-order valence-corrected chi connectivity index (χ0v) is 18.8. The van der Waals surface area contributed by atoms with Crippen LogP contribution in [0, 0.1) is 6.92 Å². The zero-order valence-electron chi connectivity index (χ0n) is 18.0. The number of aryl methyl sites for hydroxylation is 1. The van der Waals surface area contributed by atoms with Crippen LogP contribution in [-0.4, -0.2) is 15.0 Å². The number of anilines is 1. The molecular formula is C28H25NO2S. The van der Waals surface area contributed by atoms with Crippen LogP contribution in [0.1, 0.15) is 22.3 Å². The van der Waals surface area contributed by atoms with Crippen molar-refractivity contribution in [3.8, 4) is 0 Å². The molecule has 1 aliphatic heterocycles. The van der Waals surface area contributed by atoms with E-state index in [0.717, 1.165) is 28.8 Å². The van der Waals surface area contributed by atoms with E-state index in [2.05, 4.69) is 30.3 Å². The van der Waals surface area contributed by atoms with Gasteiger partial charge in [0.15, 0.2) is 0 Å². The van der Waals surface area contributed by atoms with Crippen molar-refractivity contribution < 1.29 is 8.42 Å². The Morgan fingerprint density at radius 1 is 0.750 bits per heavy atom. The first-order valence-corrected chi connectivity index (χ1v) is 12.2. The van der Waals surface area contributed by atoms with E-state index in [4.69, 9.17) is 0 Å². The number of hydrogen-bond acceptors (Lipinski definition) is 2. The topological polar surface area (TPSA) is 37.4 Å². The van der Waals surface area contributed by atoms with Gasteiger partial charge in [0.05, 0.1) is 10.6 Å².